The predicted molar refractivity (Wildman–Crippen MR) is 67.9 cm³/mol. The molecule has 0 saturated heterocycles. The van der Waals surface area contributed by atoms with Gasteiger partial charge in [-0.1, -0.05) is 0 Å². The molecule has 2 heterocycles. The number of aliphatic hydroxyl groups is 1. The van der Waals surface area contributed by atoms with Crippen molar-refractivity contribution in [2.24, 2.45) is 0 Å². The number of rotatable bonds is 5. The Balaban J connectivity index is 2.29. The van der Waals surface area contributed by atoms with Crippen LogP contribution in [0.4, 0.5) is 0 Å². The van der Waals surface area contributed by atoms with Crippen LogP contribution in [-0.4, -0.2) is 38.6 Å². The number of aromatic nitrogens is 4. The minimum atomic E-state index is -0.820. The third-order valence-corrected chi connectivity index (χ3v) is 3.11. The second-order valence-corrected chi connectivity index (χ2v) is 4.52. The lowest BCUT2D eigenvalue weighted by molar-refractivity contribution is 0.171. The summed E-state index contributed by atoms with van der Waals surface area (Å²) in [5.41, 5.74) is 1.29. The summed E-state index contributed by atoms with van der Waals surface area (Å²) in [6, 6.07) is 0. The van der Waals surface area contributed by atoms with Crippen LogP contribution in [0.5, 0.6) is 0 Å². The molecule has 2 aromatic heterocycles. The van der Waals surface area contributed by atoms with E-state index in [0.717, 1.165) is 4.47 Å². The molecule has 0 aromatic carbocycles. The van der Waals surface area contributed by atoms with Crippen molar-refractivity contribution < 1.29 is 9.84 Å². The second kappa shape index (κ2) is 6.03. The molecule has 0 amide bonds. The van der Waals surface area contributed by atoms with E-state index < -0.39 is 6.10 Å². The van der Waals surface area contributed by atoms with E-state index in [2.05, 4.69) is 31.0 Å². The molecule has 18 heavy (non-hydrogen) atoms. The average molecular weight is 313 g/mol. The molecule has 0 aliphatic carbocycles. The molecular weight excluding hydrogens is 300 g/mol. The maximum Gasteiger partial charge on any atom is 0.125 e. The SMILES string of the molecule is COCCn1ncc(Br)c1C(O)c1cncnc1. The zero-order valence-electron chi connectivity index (χ0n) is 9.82. The summed E-state index contributed by atoms with van der Waals surface area (Å²) in [6.45, 7) is 1.10. The lowest BCUT2D eigenvalue weighted by atomic mass is 10.1. The maximum atomic E-state index is 10.3. The molecular formula is C11H13BrN4O2. The third kappa shape index (κ3) is 2.74. The summed E-state index contributed by atoms with van der Waals surface area (Å²) in [5, 5.41) is 14.5. The van der Waals surface area contributed by atoms with Crippen molar-refractivity contribution in [3.8, 4) is 0 Å². The smallest absolute Gasteiger partial charge is 0.125 e. The fourth-order valence-corrected chi connectivity index (χ4v) is 2.12. The molecule has 2 aromatic rings. The standard InChI is InChI=1S/C11H13BrN4O2/c1-18-3-2-16-10(9(12)6-15-16)11(17)8-4-13-7-14-5-8/h4-7,11,17H,2-3H2,1H3. The minimum Gasteiger partial charge on any atom is -0.383 e. The van der Waals surface area contributed by atoms with Crippen LogP contribution in [0.25, 0.3) is 0 Å². The first kappa shape index (κ1) is 13.1. The lowest BCUT2D eigenvalue weighted by Crippen LogP contribution is -2.14. The van der Waals surface area contributed by atoms with Gasteiger partial charge in [0.05, 0.1) is 29.5 Å². The number of nitrogens with zero attached hydrogens (tertiary/aromatic N) is 4. The third-order valence-electron chi connectivity index (χ3n) is 2.50. The Morgan fingerprint density at radius 2 is 2.11 bits per heavy atom. The van der Waals surface area contributed by atoms with Gasteiger partial charge in [-0.2, -0.15) is 5.10 Å². The molecule has 1 unspecified atom stereocenters. The minimum absolute atomic E-state index is 0.527. The van der Waals surface area contributed by atoms with E-state index >= 15 is 0 Å². The Morgan fingerprint density at radius 3 is 2.78 bits per heavy atom. The highest BCUT2D eigenvalue weighted by Crippen LogP contribution is 2.27. The zero-order chi connectivity index (χ0) is 13.0. The first-order valence-electron chi connectivity index (χ1n) is 5.37. The van der Waals surface area contributed by atoms with Crippen molar-refractivity contribution in [2.75, 3.05) is 13.7 Å². The summed E-state index contributed by atoms with van der Waals surface area (Å²) < 4.78 is 7.46. The van der Waals surface area contributed by atoms with Gasteiger partial charge in [0.2, 0.25) is 0 Å². The van der Waals surface area contributed by atoms with E-state index in [1.54, 1.807) is 30.4 Å². The first-order chi connectivity index (χ1) is 8.74. The highest BCUT2D eigenvalue weighted by molar-refractivity contribution is 9.10. The van der Waals surface area contributed by atoms with Crippen LogP contribution in [0.15, 0.2) is 29.4 Å². The van der Waals surface area contributed by atoms with Crippen molar-refractivity contribution in [3.05, 3.63) is 40.6 Å². The molecule has 96 valence electrons. The molecule has 6 nitrogen and oxygen atoms in total. The number of aliphatic hydroxyl groups excluding tert-OH is 1. The maximum absolute atomic E-state index is 10.3. The van der Waals surface area contributed by atoms with E-state index in [1.807, 2.05) is 0 Å². The topological polar surface area (TPSA) is 73.1 Å². The summed E-state index contributed by atoms with van der Waals surface area (Å²) in [7, 11) is 1.62. The van der Waals surface area contributed by atoms with Gasteiger partial charge in [-0.3, -0.25) is 4.68 Å². The van der Waals surface area contributed by atoms with Gasteiger partial charge in [0, 0.05) is 25.1 Å². The summed E-state index contributed by atoms with van der Waals surface area (Å²) >= 11 is 3.38. The van der Waals surface area contributed by atoms with E-state index in [-0.39, 0.29) is 0 Å². The van der Waals surface area contributed by atoms with Crippen LogP contribution in [0.2, 0.25) is 0 Å². The molecule has 0 saturated carbocycles. The van der Waals surface area contributed by atoms with Gasteiger partial charge in [-0.05, 0) is 15.9 Å². The Labute approximate surface area is 113 Å². The number of ether oxygens (including phenoxy) is 1. The molecule has 7 heteroatoms. The molecule has 0 aliphatic heterocycles. The van der Waals surface area contributed by atoms with Crippen molar-refractivity contribution in [1.82, 2.24) is 19.7 Å². The number of hydrogen-bond acceptors (Lipinski definition) is 5. The van der Waals surface area contributed by atoms with Crippen molar-refractivity contribution in [2.45, 2.75) is 12.6 Å². The van der Waals surface area contributed by atoms with Crippen molar-refractivity contribution in [1.29, 1.82) is 0 Å². The highest BCUT2D eigenvalue weighted by Gasteiger charge is 2.19. The molecule has 2 rings (SSSR count). The van der Waals surface area contributed by atoms with Gasteiger partial charge < -0.3 is 9.84 Å². The molecule has 0 aliphatic rings. The number of hydrogen-bond donors (Lipinski definition) is 1. The van der Waals surface area contributed by atoms with Crippen molar-refractivity contribution >= 4 is 15.9 Å². The van der Waals surface area contributed by atoms with E-state index in [4.69, 9.17) is 4.74 Å². The van der Waals surface area contributed by atoms with E-state index in [0.29, 0.717) is 24.4 Å². The summed E-state index contributed by atoms with van der Waals surface area (Å²) in [4.78, 5) is 7.79. The average Bonchev–Trinajstić information content (AvgIpc) is 2.77. The predicted octanol–water partition coefficient (Wildman–Crippen LogP) is 1.16. The van der Waals surface area contributed by atoms with Gasteiger partial charge in [0.25, 0.3) is 0 Å². The van der Waals surface area contributed by atoms with Gasteiger partial charge in [-0.25, -0.2) is 9.97 Å². The Kier molecular flexibility index (Phi) is 4.40. The molecule has 0 radical (unpaired) electrons. The monoisotopic (exact) mass is 312 g/mol. The fourth-order valence-electron chi connectivity index (χ4n) is 1.61. The Hall–Kier alpha value is -1.31. The number of methoxy groups -OCH3 is 1. The van der Waals surface area contributed by atoms with Crippen LogP contribution in [0, 0.1) is 0 Å². The fraction of sp³-hybridized carbons (Fsp3) is 0.364. The van der Waals surface area contributed by atoms with Gasteiger partial charge in [-0.15, -0.1) is 0 Å². The summed E-state index contributed by atoms with van der Waals surface area (Å²) in [6.07, 6.45) is 5.42. The van der Waals surface area contributed by atoms with Gasteiger partial charge >= 0.3 is 0 Å². The Morgan fingerprint density at radius 1 is 1.39 bits per heavy atom. The van der Waals surface area contributed by atoms with Crippen LogP contribution >= 0.6 is 15.9 Å². The molecule has 0 fully saturated rings. The largest absolute Gasteiger partial charge is 0.383 e. The Bertz CT molecular complexity index is 503. The van der Waals surface area contributed by atoms with Crippen molar-refractivity contribution in [3.63, 3.8) is 0 Å². The highest BCUT2D eigenvalue weighted by atomic mass is 79.9. The normalized spacial score (nSPS) is 12.6. The van der Waals surface area contributed by atoms with E-state index in [9.17, 15) is 5.11 Å². The zero-order valence-corrected chi connectivity index (χ0v) is 11.4. The molecule has 0 bridgehead atoms. The van der Waals surface area contributed by atoms with Crippen LogP contribution in [0.1, 0.15) is 17.4 Å². The molecule has 1 atom stereocenters. The van der Waals surface area contributed by atoms with E-state index in [1.165, 1.54) is 6.33 Å². The van der Waals surface area contributed by atoms with Gasteiger partial charge in [0.15, 0.2) is 0 Å². The quantitative estimate of drug-likeness (QED) is 0.897. The lowest BCUT2D eigenvalue weighted by Gasteiger charge is -2.13. The summed E-state index contributed by atoms with van der Waals surface area (Å²) in [5.74, 6) is 0. The molecule has 1 N–H and O–H groups in total. The van der Waals surface area contributed by atoms with Crippen LogP contribution in [0.3, 0.4) is 0 Å². The molecule has 0 spiro atoms. The second-order valence-electron chi connectivity index (χ2n) is 3.67. The van der Waals surface area contributed by atoms with Gasteiger partial charge in [0.1, 0.15) is 12.4 Å². The number of halogens is 1. The van der Waals surface area contributed by atoms with Crippen LogP contribution in [-0.2, 0) is 11.3 Å². The van der Waals surface area contributed by atoms with Crippen LogP contribution < -0.4 is 0 Å². The first-order valence-corrected chi connectivity index (χ1v) is 6.16.